The first-order valence-electron chi connectivity index (χ1n) is 3.47. The summed E-state index contributed by atoms with van der Waals surface area (Å²) in [5.41, 5.74) is -0.226. The highest BCUT2D eigenvalue weighted by Gasteiger charge is 2.20. The SMILES string of the molecule is COc1cc(Br)c(O)c(C(=O)O)c1Br. The van der Waals surface area contributed by atoms with Gasteiger partial charge in [-0.15, -0.1) is 0 Å². The molecule has 6 heteroatoms. The molecule has 4 nitrogen and oxygen atoms in total. The maximum absolute atomic E-state index is 10.8. The van der Waals surface area contributed by atoms with Crippen molar-refractivity contribution >= 4 is 37.8 Å². The van der Waals surface area contributed by atoms with Crippen LogP contribution in [0.5, 0.6) is 11.5 Å². The van der Waals surface area contributed by atoms with Gasteiger partial charge in [0, 0.05) is 0 Å². The standard InChI is InChI=1S/C8H6Br2O4/c1-14-4-2-3(9)7(11)5(6(4)10)8(12)13/h2,11H,1H3,(H,12,13). The fourth-order valence-corrected chi connectivity index (χ4v) is 1.98. The Labute approximate surface area is 96.8 Å². The number of rotatable bonds is 2. The van der Waals surface area contributed by atoms with Gasteiger partial charge in [0.05, 0.1) is 16.1 Å². The highest BCUT2D eigenvalue weighted by Crippen LogP contribution is 2.40. The van der Waals surface area contributed by atoms with Gasteiger partial charge in [-0.2, -0.15) is 0 Å². The van der Waals surface area contributed by atoms with Crippen molar-refractivity contribution in [2.75, 3.05) is 7.11 Å². The van der Waals surface area contributed by atoms with E-state index in [1.807, 2.05) is 0 Å². The molecule has 0 aliphatic heterocycles. The maximum atomic E-state index is 10.8. The van der Waals surface area contributed by atoms with Gasteiger partial charge in [0.2, 0.25) is 0 Å². The molecule has 0 amide bonds. The van der Waals surface area contributed by atoms with E-state index in [1.165, 1.54) is 13.2 Å². The fraction of sp³-hybridized carbons (Fsp3) is 0.125. The topological polar surface area (TPSA) is 66.8 Å². The first-order valence-corrected chi connectivity index (χ1v) is 5.06. The van der Waals surface area contributed by atoms with E-state index in [4.69, 9.17) is 9.84 Å². The number of aromatic hydroxyl groups is 1. The molecule has 1 aromatic carbocycles. The number of methoxy groups -OCH3 is 1. The lowest BCUT2D eigenvalue weighted by Crippen LogP contribution is -2.00. The van der Waals surface area contributed by atoms with Gasteiger partial charge in [0.25, 0.3) is 0 Å². The lowest BCUT2D eigenvalue weighted by Gasteiger charge is -2.09. The zero-order valence-corrected chi connectivity index (χ0v) is 10.2. The number of carboxylic acids is 1. The van der Waals surface area contributed by atoms with Crippen molar-refractivity contribution < 1.29 is 19.7 Å². The van der Waals surface area contributed by atoms with E-state index in [0.717, 1.165) is 0 Å². The number of halogens is 2. The minimum absolute atomic E-state index is 0.216. The Morgan fingerprint density at radius 3 is 2.50 bits per heavy atom. The monoisotopic (exact) mass is 324 g/mol. The van der Waals surface area contributed by atoms with Crippen LogP contribution in [-0.2, 0) is 0 Å². The third-order valence-electron chi connectivity index (χ3n) is 1.59. The molecule has 0 radical (unpaired) electrons. The van der Waals surface area contributed by atoms with Crippen LogP contribution in [0.3, 0.4) is 0 Å². The third-order valence-corrected chi connectivity index (χ3v) is 2.98. The Hall–Kier alpha value is -0.750. The Morgan fingerprint density at radius 1 is 1.50 bits per heavy atom. The normalized spacial score (nSPS) is 9.93. The summed E-state index contributed by atoms with van der Waals surface area (Å²) < 4.78 is 5.41. The Kier molecular flexibility index (Phi) is 3.38. The number of ether oxygens (including phenoxy) is 1. The van der Waals surface area contributed by atoms with E-state index in [1.54, 1.807) is 0 Å². The van der Waals surface area contributed by atoms with Gasteiger partial charge in [0.15, 0.2) is 0 Å². The average molecular weight is 326 g/mol. The molecule has 1 aromatic rings. The molecule has 14 heavy (non-hydrogen) atoms. The highest BCUT2D eigenvalue weighted by atomic mass is 79.9. The third kappa shape index (κ3) is 1.85. The van der Waals surface area contributed by atoms with Crippen LogP contribution in [0.25, 0.3) is 0 Å². The second-order valence-electron chi connectivity index (χ2n) is 2.40. The molecule has 76 valence electrons. The number of carboxylic acid groups (broad SMARTS) is 1. The van der Waals surface area contributed by atoms with E-state index < -0.39 is 5.97 Å². The first kappa shape index (κ1) is 11.3. The van der Waals surface area contributed by atoms with E-state index >= 15 is 0 Å². The summed E-state index contributed by atoms with van der Waals surface area (Å²) in [7, 11) is 1.41. The summed E-state index contributed by atoms with van der Waals surface area (Å²) in [6, 6.07) is 1.48. The molecule has 0 saturated carbocycles. The summed E-state index contributed by atoms with van der Waals surface area (Å²) in [6.45, 7) is 0. The van der Waals surface area contributed by atoms with Crippen LogP contribution < -0.4 is 4.74 Å². The largest absolute Gasteiger partial charge is 0.506 e. The van der Waals surface area contributed by atoms with Crippen molar-refractivity contribution in [3.8, 4) is 11.5 Å². The van der Waals surface area contributed by atoms with E-state index in [9.17, 15) is 9.90 Å². The molecular weight excluding hydrogens is 320 g/mol. The smallest absolute Gasteiger partial charge is 0.340 e. The summed E-state index contributed by atoms with van der Waals surface area (Å²) in [5.74, 6) is -1.22. The molecule has 0 fully saturated rings. The number of benzene rings is 1. The van der Waals surface area contributed by atoms with Gasteiger partial charge < -0.3 is 14.9 Å². The van der Waals surface area contributed by atoms with Crippen molar-refractivity contribution in [2.24, 2.45) is 0 Å². The van der Waals surface area contributed by atoms with Crippen molar-refractivity contribution in [3.63, 3.8) is 0 Å². The lowest BCUT2D eigenvalue weighted by molar-refractivity contribution is 0.0692. The molecule has 0 bridgehead atoms. The van der Waals surface area contributed by atoms with E-state index in [0.29, 0.717) is 5.75 Å². The minimum atomic E-state index is -1.23. The maximum Gasteiger partial charge on any atom is 0.340 e. The molecule has 0 saturated heterocycles. The predicted octanol–water partition coefficient (Wildman–Crippen LogP) is 2.62. The number of hydrogen-bond donors (Lipinski definition) is 2. The molecule has 0 unspecified atom stereocenters. The van der Waals surface area contributed by atoms with Crippen LogP contribution in [0.4, 0.5) is 0 Å². The van der Waals surface area contributed by atoms with Crippen LogP contribution in [0, 0.1) is 0 Å². The van der Waals surface area contributed by atoms with E-state index in [2.05, 4.69) is 31.9 Å². The summed E-state index contributed by atoms with van der Waals surface area (Å²) in [5, 5.41) is 18.3. The first-order chi connectivity index (χ1) is 6.49. The second-order valence-corrected chi connectivity index (χ2v) is 4.05. The van der Waals surface area contributed by atoms with Crippen molar-refractivity contribution in [1.29, 1.82) is 0 Å². The molecule has 2 N–H and O–H groups in total. The summed E-state index contributed by atoms with van der Waals surface area (Å²) in [4.78, 5) is 10.8. The van der Waals surface area contributed by atoms with Gasteiger partial charge in [0.1, 0.15) is 17.1 Å². The van der Waals surface area contributed by atoms with Gasteiger partial charge in [-0.25, -0.2) is 4.79 Å². The van der Waals surface area contributed by atoms with Crippen molar-refractivity contribution in [3.05, 3.63) is 20.6 Å². The number of phenols is 1. The van der Waals surface area contributed by atoms with Crippen LogP contribution in [0.15, 0.2) is 15.0 Å². The molecule has 0 aromatic heterocycles. The Balaban J connectivity index is 3.53. The fourth-order valence-electron chi connectivity index (χ4n) is 0.937. The zero-order chi connectivity index (χ0) is 10.9. The zero-order valence-electron chi connectivity index (χ0n) is 7.04. The molecule has 0 aliphatic rings. The second kappa shape index (κ2) is 4.18. The minimum Gasteiger partial charge on any atom is -0.506 e. The molecule has 1 rings (SSSR count). The van der Waals surface area contributed by atoms with E-state index in [-0.39, 0.29) is 20.3 Å². The Bertz CT molecular complexity index is 389. The molecular formula is C8H6Br2O4. The number of aromatic carboxylic acids is 1. The number of hydrogen-bond acceptors (Lipinski definition) is 3. The van der Waals surface area contributed by atoms with Gasteiger partial charge in [-0.05, 0) is 37.9 Å². The summed E-state index contributed by atoms with van der Waals surface area (Å²) in [6.07, 6.45) is 0. The lowest BCUT2D eigenvalue weighted by atomic mass is 10.2. The number of carbonyl (C=O) groups is 1. The summed E-state index contributed by atoms with van der Waals surface area (Å²) >= 11 is 6.07. The quantitative estimate of drug-likeness (QED) is 0.877. The van der Waals surface area contributed by atoms with Crippen LogP contribution >= 0.6 is 31.9 Å². The van der Waals surface area contributed by atoms with Crippen molar-refractivity contribution in [2.45, 2.75) is 0 Å². The van der Waals surface area contributed by atoms with Gasteiger partial charge in [-0.3, -0.25) is 0 Å². The molecule has 0 spiro atoms. The van der Waals surface area contributed by atoms with Crippen LogP contribution in [-0.4, -0.2) is 23.3 Å². The van der Waals surface area contributed by atoms with Crippen LogP contribution in [0.2, 0.25) is 0 Å². The molecule has 0 heterocycles. The molecule has 0 atom stereocenters. The molecule has 0 aliphatic carbocycles. The van der Waals surface area contributed by atoms with Gasteiger partial charge in [-0.1, -0.05) is 0 Å². The highest BCUT2D eigenvalue weighted by molar-refractivity contribution is 9.11. The Morgan fingerprint density at radius 2 is 2.07 bits per heavy atom. The van der Waals surface area contributed by atoms with Gasteiger partial charge >= 0.3 is 5.97 Å². The predicted molar refractivity (Wildman–Crippen MR) is 57.0 cm³/mol. The van der Waals surface area contributed by atoms with Crippen LogP contribution in [0.1, 0.15) is 10.4 Å². The van der Waals surface area contributed by atoms with Crippen molar-refractivity contribution in [1.82, 2.24) is 0 Å². The average Bonchev–Trinajstić information content (AvgIpc) is 2.11.